The highest BCUT2D eigenvalue weighted by Gasteiger charge is 2.20. The Morgan fingerprint density at radius 3 is 2.84 bits per heavy atom. The van der Waals surface area contributed by atoms with Gasteiger partial charge in [0.2, 0.25) is 0 Å². The highest BCUT2D eigenvalue weighted by Crippen LogP contribution is 2.29. The first-order chi connectivity index (χ1) is 9.27. The van der Waals surface area contributed by atoms with Crippen LogP contribution in [0.15, 0.2) is 36.8 Å². The first kappa shape index (κ1) is 13.5. The lowest BCUT2D eigenvalue weighted by atomic mass is 10.00. The van der Waals surface area contributed by atoms with E-state index in [-0.39, 0.29) is 6.04 Å². The summed E-state index contributed by atoms with van der Waals surface area (Å²) in [4.78, 5) is 8.69. The van der Waals surface area contributed by atoms with Crippen molar-refractivity contribution in [1.82, 2.24) is 15.3 Å². The van der Waals surface area contributed by atoms with Crippen molar-refractivity contribution in [3.05, 3.63) is 53.6 Å². The van der Waals surface area contributed by atoms with Crippen molar-refractivity contribution >= 4 is 0 Å². The molecule has 0 radical (unpaired) electrons. The number of pyridine rings is 2. The normalized spacial score (nSPS) is 12.2. The number of hydrogen-bond acceptors (Lipinski definition) is 4. The molecule has 2 aromatic rings. The molecule has 0 saturated carbocycles. The molecule has 0 amide bonds. The van der Waals surface area contributed by atoms with Crippen LogP contribution in [-0.2, 0) is 0 Å². The number of methoxy groups -OCH3 is 1. The number of nitrogens with zero attached hydrogens (tertiary/aromatic N) is 2. The summed E-state index contributed by atoms with van der Waals surface area (Å²) in [6.45, 7) is 5.00. The summed E-state index contributed by atoms with van der Waals surface area (Å²) >= 11 is 0. The summed E-state index contributed by atoms with van der Waals surface area (Å²) in [5.74, 6) is 0.789. The Bertz CT molecular complexity index is 542. The third kappa shape index (κ3) is 2.90. The Labute approximate surface area is 113 Å². The molecule has 0 bridgehead atoms. The first-order valence-electron chi connectivity index (χ1n) is 6.40. The highest BCUT2D eigenvalue weighted by molar-refractivity contribution is 5.38. The van der Waals surface area contributed by atoms with Gasteiger partial charge in [0.15, 0.2) is 0 Å². The van der Waals surface area contributed by atoms with Crippen LogP contribution in [0.4, 0.5) is 0 Å². The fourth-order valence-corrected chi connectivity index (χ4v) is 2.13. The fraction of sp³-hybridized carbons (Fsp3) is 0.333. The molecule has 19 heavy (non-hydrogen) atoms. The zero-order chi connectivity index (χ0) is 13.7. The fourth-order valence-electron chi connectivity index (χ4n) is 2.13. The van der Waals surface area contributed by atoms with Gasteiger partial charge in [-0.2, -0.15) is 0 Å². The van der Waals surface area contributed by atoms with Gasteiger partial charge in [0.1, 0.15) is 11.4 Å². The van der Waals surface area contributed by atoms with Crippen LogP contribution in [0.1, 0.15) is 29.8 Å². The molecule has 0 saturated heterocycles. The van der Waals surface area contributed by atoms with Gasteiger partial charge in [-0.1, -0.05) is 6.92 Å². The molecule has 100 valence electrons. The van der Waals surface area contributed by atoms with Crippen LogP contribution >= 0.6 is 0 Å². The monoisotopic (exact) mass is 257 g/mol. The highest BCUT2D eigenvalue weighted by atomic mass is 16.5. The summed E-state index contributed by atoms with van der Waals surface area (Å²) in [5.41, 5.74) is 3.21. The maximum Gasteiger partial charge on any atom is 0.142 e. The molecule has 2 aromatic heterocycles. The van der Waals surface area contributed by atoms with E-state index in [1.807, 2.05) is 24.4 Å². The smallest absolute Gasteiger partial charge is 0.142 e. The molecule has 4 nitrogen and oxygen atoms in total. The van der Waals surface area contributed by atoms with Gasteiger partial charge in [-0.25, -0.2) is 0 Å². The standard InChI is InChI=1S/C15H19N3O/c1-4-17-14(12-10-16-9-7-11(12)2)15-13(19-3)6-5-8-18-15/h5-10,14,17H,4H2,1-3H3. The van der Waals surface area contributed by atoms with E-state index in [9.17, 15) is 0 Å². The first-order valence-corrected chi connectivity index (χ1v) is 6.40. The Morgan fingerprint density at radius 1 is 1.32 bits per heavy atom. The third-order valence-corrected chi connectivity index (χ3v) is 3.09. The van der Waals surface area contributed by atoms with Gasteiger partial charge in [0.05, 0.1) is 13.2 Å². The van der Waals surface area contributed by atoms with E-state index in [0.717, 1.165) is 23.6 Å². The molecule has 0 aliphatic heterocycles. The number of nitrogens with one attached hydrogen (secondary N) is 1. The molecule has 1 unspecified atom stereocenters. The molecule has 1 N–H and O–H groups in total. The molecule has 0 aromatic carbocycles. The molecular weight excluding hydrogens is 238 g/mol. The molecule has 4 heteroatoms. The van der Waals surface area contributed by atoms with Crippen LogP contribution in [-0.4, -0.2) is 23.6 Å². The molecule has 2 rings (SSSR count). The molecule has 2 heterocycles. The lowest BCUT2D eigenvalue weighted by molar-refractivity contribution is 0.400. The van der Waals surface area contributed by atoms with Crippen LogP contribution in [0.2, 0.25) is 0 Å². The molecular formula is C15H19N3O. The third-order valence-electron chi connectivity index (χ3n) is 3.09. The van der Waals surface area contributed by atoms with Crippen molar-refractivity contribution in [2.45, 2.75) is 19.9 Å². The lowest BCUT2D eigenvalue weighted by Gasteiger charge is -2.21. The summed E-state index contributed by atoms with van der Waals surface area (Å²) in [6.07, 6.45) is 5.47. The second-order valence-corrected chi connectivity index (χ2v) is 4.31. The molecule has 0 fully saturated rings. The number of hydrogen-bond donors (Lipinski definition) is 1. The van der Waals surface area contributed by atoms with Crippen molar-refractivity contribution in [3.8, 4) is 5.75 Å². The van der Waals surface area contributed by atoms with Crippen molar-refractivity contribution in [1.29, 1.82) is 0 Å². The zero-order valence-corrected chi connectivity index (χ0v) is 11.6. The summed E-state index contributed by atoms with van der Waals surface area (Å²) < 4.78 is 5.41. The quantitative estimate of drug-likeness (QED) is 0.894. The average molecular weight is 257 g/mol. The van der Waals surface area contributed by atoms with Crippen molar-refractivity contribution in [3.63, 3.8) is 0 Å². The predicted octanol–water partition coefficient (Wildman–Crippen LogP) is 2.49. The van der Waals surface area contributed by atoms with Crippen LogP contribution in [0.3, 0.4) is 0 Å². The maximum absolute atomic E-state index is 5.41. The van der Waals surface area contributed by atoms with Crippen molar-refractivity contribution in [2.75, 3.05) is 13.7 Å². The lowest BCUT2D eigenvalue weighted by Crippen LogP contribution is -2.24. The second-order valence-electron chi connectivity index (χ2n) is 4.31. The predicted molar refractivity (Wildman–Crippen MR) is 75.3 cm³/mol. The van der Waals surface area contributed by atoms with Gasteiger partial charge in [0, 0.05) is 18.6 Å². The zero-order valence-electron chi connectivity index (χ0n) is 11.6. The van der Waals surface area contributed by atoms with E-state index in [2.05, 4.69) is 29.1 Å². The van der Waals surface area contributed by atoms with Crippen LogP contribution in [0.25, 0.3) is 0 Å². The number of aromatic nitrogens is 2. The Kier molecular flexibility index (Phi) is 4.47. The second kappa shape index (κ2) is 6.29. The van der Waals surface area contributed by atoms with E-state index in [0.29, 0.717) is 0 Å². The maximum atomic E-state index is 5.41. The Hall–Kier alpha value is -1.94. The van der Waals surface area contributed by atoms with Gasteiger partial charge in [-0.15, -0.1) is 0 Å². The average Bonchev–Trinajstić information content (AvgIpc) is 2.46. The molecule has 0 aliphatic rings. The summed E-state index contributed by atoms with van der Waals surface area (Å²) in [7, 11) is 1.67. The van der Waals surface area contributed by atoms with Gasteiger partial charge in [-0.05, 0) is 42.8 Å². The Balaban J connectivity index is 2.49. The van der Waals surface area contributed by atoms with Crippen LogP contribution in [0.5, 0.6) is 5.75 Å². The Morgan fingerprint density at radius 2 is 2.16 bits per heavy atom. The van der Waals surface area contributed by atoms with Crippen LogP contribution < -0.4 is 10.1 Å². The van der Waals surface area contributed by atoms with E-state index < -0.39 is 0 Å². The van der Waals surface area contributed by atoms with E-state index >= 15 is 0 Å². The van der Waals surface area contributed by atoms with Gasteiger partial charge in [0.25, 0.3) is 0 Å². The minimum Gasteiger partial charge on any atom is -0.495 e. The van der Waals surface area contributed by atoms with E-state index in [1.165, 1.54) is 5.56 Å². The van der Waals surface area contributed by atoms with Crippen LogP contribution in [0, 0.1) is 6.92 Å². The minimum atomic E-state index is -0.00477. The number of aryl methyl sites for hydroxylation is 1. The summed E-state index contributed by atoms with van der Waals surface area (Å²) in [6, 6.07) is 5.81. The molecule has 1 atom stereocenters. The minimum absolute atomic E-state index is 0.00477. The van der Waals surface area contributed by atoms with Gasteiger partial charge in [-0.3, -0.25) is 9.97 Å². The molecule has 0 spiro atoms. The van der Waals surface area contributed by atoms with Gasteiger partial charge < -0.3 is 10.1 Å². The number of ether oxygens (including phenoxy) is 1. The van der Waals surface area contributed by atoms with E-state index in [1.54, 1.807) is 19.5 Å². The van der Waals surface area contributed by atoms with Gasteiger partial charge >= 0.3 is 0 Å². The summed E-state index contributed by atoms with van der Waals surface area (Å²) in [5, 5.41) is 3.45. The number of rotatable bonds is 5. The van der Waals surface area contributed by atoms with Crippen molar-refractivity contribution < 1.29 is 4.74 Å². The largest absolute Gasteiger partial charge is 0.495 e. The molecule has 0 aliphatic carbocycles. The van der Waals surface area contributed by atoms with E-state index in [4.69, 9.17) is 4.74 Å². The SMILES string of the molecule is CCNC(c1cnccc1C)c1ncccc1OC. The topological polar surface area (TPSA) is 47.0 Å². The van der Waals surface area contributed by atoms with Crippen molar-refractivity contribution in [2.24, 2.45) is 0 Å².